The van der Waals surface area contributed by atoms with E-state index in [2.05, 4.69) is 228 Å². The molecule has 286 valence electrons. The molecule has 0 saturated heterocycles. The fourth-order valence-electron chi connectivity index (χ4n) is 9.31. The molecule has 2 aromatic heterocycles. The molecule has 0 spiro atoms. The summed E-state index contributed by atoms with van der Waals surface area (Å²) in [5.41, 5.74) is 15.5. The van der Waals surface area contributed by atoms with Crippen molar-refractivity contribution in [3.63, 3.8) is 0 Å². The standard InChI is InChI=1S/C58H38N2O/c1-2-15-42-37-47(35-32-39(42)14-1)59(46-19-12-18-44(38-46)49-24-13-25-53-52-23-6-10-29-57(52)61-58(49)53)45-33-30-40(31-34-45)41-16-11-17-43(36-41)48-20-3-7-26-54(48)60-55-27-8-4-21-50(55)51-22-5-9-28-56(51)60/h1-38H. The van der Waals surface area contributed by atoms with Crippen LogP contribution in [0.5, 0.6) is 0 Å². The summed E-state index contributed by atoms with van der Waals surface area (Å²) in [6.45, 7) is 0. The molecule has 0 aliphatic rings. The third-order valence-electron chi connectivity index (χ3n) is 12.2. The third-order valence-corrected chi connectivity index (χ3v) is 12.2. The topological polar surface area (TPSA) is 21.3 Å². The second-order valence-electron chi connectivity index (χ2n) is 15.7. The van der Waals surface area contributed by atoms with Crippen molar-refractivity contribution in [1.82, 2.24) is 4.57 Å². The molecule has 0 fully saturated rings. The van der Waals surface area contributed by atoms with Crippen LogP contribution < -0.4 is 4.90 Å². The van der Waals surface area contributed by atoms with Gasteiger partial charge in [0.05, 0.1) is 16.7 Å². The minimum absolute atomic E-state index is 0.900. The summed E-state index contributed by atoms with van der Waals surface area (Å²) in [5, 5.41) is 7.19. The molecule has 0 radical (unpaired) electrons. The average molecular weight is 779 g/mol. The van der Waals surface area contributed by atoms with Gasteiger partial charge in [0, 0.05) is 49.7 Å². The molecule has 3 nitrogen and oxygen atoms in total. The van der Waals surface area contributed by atoms with Gasteiger partial charge >= 0.3 is 0 Å². The molecule has 10 aromatic carbocycles. The van der Waals surface area contributed by atoms with Gasteiger partial charge in [-0.15, -0.1) is 0 Å². The van der Waals surface area contributed by atoms with Crippen molar-refractivity contribution in [2.45, 2.75) is 0 Å². The van der Waals surface area contributed by atoms with E-state index in [1.807, 2.05) is 12.1 Å². The van der Waals surface area contributed by atoms with Crippen molar-refractivity contribution < 1.29 is 4.42 Å². The van der Waals surface area contributed by atoms with E-state index in [4.69, 9.17) is 4.42 Å². The number of fused-ring (bicyclic) bond motifs is 7. The Morgan fingerprint density at radius 3 is 1.72 bits per heavy atom. The maximum Gasteiger partial charge on any atom is 0.143 e. The smallest absolute Gasteiger partial charge is 0.143 e. The first-order valence-corrected chi connectivity index (χ1v) is 20.8. The minimum atomic E-state index is 0.900. The van der Waals surface area contributed by atoms with E-state index in [1.165, 1.54) is 49.3 Å². The number of hydrogen-bond acceptors (Lipinski definition) is 2. The summed E-state index contributed by atoms with van der Waals surface area (Å²) in [5.74, 6) is 0. The first-order valence-electron chi connectivity index (χ1n) is 20.8. The van der Waals surface area contributed by atoms with Crippen molar-refractivity contribution in [2.75, 3.05) is 4.90 Å². The molecule has 2 heterocycles. The number of rotatable bonds is 7. The highest BCUT2D eigenvalue weighted by atomic mass is 16.3. The van der Waals surface area contributed by atoms with Gasteiger partial charge in [-0.2, -0.15) is 0 Å². The lowest BCUT2D eigenvalue weighted by Gasteiger charge is -2.26. The quantitative estimate of drug-likeness (QED) is 0.161. The van der Waals surface area contributed by atoms with E-state index in [-0.39, 0.29) is 0 Å². The number of para-hydroxylation sites is 5. The van der Waals surface area contributed by atoms with Gasteiger partial charge in [0.1, 0.15) is 11.2 Å². The predicted molar refractivity (Wildman–Crippen MR) is 257 cm³/mol. The third kappa shape index (κ3) is 5.90. The summed E-state index contributed by atoms with van der Waals surface area (Å²) in [7, 11) is 0. The summed E-state index contributed by atoms with van der Waals surface area (Å²) in [6.07, 6.45) is 0. The summed E-state index contributed by atoms with van der Waals surface area (Å²) >= 11 is 0. The van der Waals surface area contributed by atoms with Crippen molar-refractivity contribution in [1.29, 1.82) is 0 Å². The summed E-state index contributed by atoms with van der Waals surface area (Å²) in [6, 6.07) is 82.9. The summed E-state index contributed by atoms with van der Waals surface area (Å²) < 4.78 is 8.90. The Morgan fingerprint density at radius 1 is 0.328 bits per heavy atom. The molecule has 0 N–H and O–H groups in total. The average Bonchev–Trinajstić information content (AvgIpc) is 3.88. The molecule has 12 rings (SSSR count). The maximum absolute atomic E-state index is 6.49. The lowest BCUT2D eigenvalue weighted by Crippen LogP contribution is -2.10. The van der Waals surface area contributed by atoms with Gasteiger partial charge in [-0.3, -0.25) is 0 Å². The molecule has 12 aromatic rings. The van der Waals surface area contributed by atoms with E-state index >= 15 is 0 Å². The number of furan rings is 1. The van der Waals surface area contributed by atoms with E-state index < -0.39 is 0 Å². The predicted octanol–water partition coefficient (Wildman–Crippen LogP) is 16.3. The van der Waals surface area contributed by atoms with Gasteiger partial charge in [0.2, 0.25) is 0 Å². The Hall–Kier alpha value is -8.14. The van der Waals surface area contributed by atoms with Crippen LogP contribution in [-0.4, -0.2) is 4.57 Å². The molecular formula is C58H38N2O. The SMILES string of the molecule is c1cc(-c2ccc(N(c3cccc(-c4cccc5c4oc4ccccc45)c3)c3ccc4ccccc4c3)cc2)cc(-c2ccccc2-n2c3ccccc3c3ccccc32)c1. The van der Waals surface area contributed by atoms with Crippen LogP contribution in [0.3, 0.4) is 0 Å². The fraction of sp³-hybridized carbons (Fsp3) is 0. The molecule has 0 aliphatic heterocycles. The van der Waals surface area contributed by atoms with Crippen LogP contribution in [0, 0.1) is 0 Å². The highest BCUT2D eigenvalue weighted by Gasteiger charge is 2.18. The number of nitrogens with zero attached hydrogens (tertiary/aromatic N) is 2. The molecule has 0 atom stereocenters. The number of aromatic nitrogens is 1. The Balaban J connectivity index is 0.947. The Labute approximate surface area is 353 Å². The van der Waals surface area contributed by atoms with Gasteiger partial charge in [-0.25, -0.2) is 0 Å². The van der Waals surface area contributed by atoms with Gasteiger partial charge in [0.15, 0.2) is 0 Å². The first-order chi connectivity index (χ1) is 30.2. The molecule has 3 heteroatoms. The molecule has 0 saturated carbocycles. The van der Waals surface area contributed by atoms with Crippen LogP contribution in [0.4, 0.5) is 17.1 Å². The Bertz CT molecular complexity index is 3560. The van der Waals surface area contributed by atoms with Crippen LogP contribution in [0.2, 0.25) is 0 Å². The Kier molecular flexibility index (Phi) is 8.17. The second kappa shape index (κ2) is 14.3. The molecule has 0 unspecified atom stereocenters. The molecule has 0 amide bonds. The van der Waals surface area contributed by atoms with E-state index in [9.17, 15) is 0 Å². The zero-order valence-corrected chi connectivity index (χ0v) is 33.2. The monoisotopic (exact) mass is 778 g/mol. The van der Waals surface area contributed by atoms with Crippen LogP contribution in [0.25, 0.3) is 93.6 Å². The number of benzene rings is 10. The molecule has 0 bridgehead atoms. The number of anilines is 3. The second-order valence-corrected chi connectivity index (χ2v) is 15.7. The summed E-state index contributed by atoms with van der Waals surface area (Å²) in [4.78, 5) is 2.36. The van der Waals surface area contributed by atoms with Gasteiger partial charge in [0.25, 0.3) is 0 Å². The largest absolute Gasteiger partial charge is 0.455 e. The zero-order valence-electron chi connectivity index (χ0n) is 33.2. The normalized spacial score (nSPS) is 11.6. The highest BCUT2D eigenvalue weighted by Crippen LogP contribution is 2.42. The van der Waals surface area contributed by atoms with Crippen LogP contribution in [-0.2, 0) is 0 Å². The van der Waals surface area contributed by atoms with Crippen molar-refractivity contribution in [2.24, 2.45) is 0 Å². The van der Waals surface area contributed by atoms with Crippen molar-refractivity contribution in [3.05, 3.63) is 231 Å². The van der Waals surface area contributed by atoms with E-state index in [1.54, 1.807) is 0 Å². The fourth-order valence-corrected chi connectivity index (χ4v) is 9.31. The lowest BCUT2D eigenvalue weighted by molar-refractivity contribution is 0.670. The van der Waals surface area contributed by atoms with Crippen molar-refractivity contribution in [3.8, 4) is 39.1 Å². The maximum atomic E-state index is 6.49. The Morgan fingerprint density at radius 2 is 0.902 bits per heavy atom. The van der Waals surface area contributed by atoms with Crippen LogP contribution >= 0.6 is 0 Å². The molecule has 0 aliphatic carbocycles. The van der Waals surface area contributed by atoms with Crippen LogP contribution in [0.1, 0.15) is 0 Å². The van der Waals surface area contributed by atoms with E-state index in [0.29, 0.717) is 0 Å². The van der Waals surface area contributed by atoms with Gasteiger partial charge < -0.3 is 13.9 Å². The lowest BCUT2D eigenvalue weighted by atomic mass is 9.97. The zero-order chi connectivity index (χ0) is 40.3. The first kappa shape index (κ1) is 34.9. The number of hydrogen-bond donors (Lipinski definition) is 0. The van der Waals surface area contributed by atoms with E-state index in [0.717, 1.165) is 61.4 Å². The van der Waals surface area contributed by atoms with Crippen LogP contribution in [0.15, 0.2) is 235 Å². The molecular weight excluding hydrogens is 741 g/mol. The van der Waals surface area contributed by atoms with Crippen molar-refractivity contribution >= 4 is 71.6 Å². The highest BCUT2D eigenvalue weighted by molar-refractivity contribution is 6.11. The molecule has 61 heavy (non-hydrogen) atoms. The van der Waals surface area contributed by atoms with Gasteiger partial charge in [-0.1, -0.05) is 164 Å². The van der Waals surface area contributed by atoms with Gasteiger partial charge in [-0.05, 0) is 99.8 Å². The minimum Gasteiger partial charge on any atom is -0.455 e.